The number of benzene rings is 1. The van der Waals surface area contributed by atoms with Gasteiger partial charge in [-0.25, -0.2) is 4.79 Å². The van der Waals surface area contributed by atoms with Gasteiger partial charge in [0.2, 0.25) is 0 Å². The lowest BCUT2D eigenvalue weighted by molar-refractivity contribution is 0.0697. The van der Waals surface area contributed by atoms with Gasteiger partial charge in [-0.2, -0.15) is 0 Å². The van der Waals surface area contributed by atoms with E-state index in [0.29, 0.717) is 5.56 Å². The predicted octanol–water partition coefficient (Wildman–Crippen LogP) is 3.88. The third kappa shape index (κ3) is 2.11. The lowest BCUT2D eigenvalue weighted by atomic mass is 10.2. The third-order valence-electron chi connectivity index (χ3n) is 1.99. The highest BCUT2D eigenvalue weighted by Crippen LogP contribution is 2.32. The number of carboxylic acid groups (broad SMARTS) is 1. The number of rotatable bonds is 2. The van der Waals surface area contributed by atoms with Crippen LogP contribution in [-0.2, 0) is 0 Å². The van der Waals surface area contributed by atoms with Crippen LogP contribution in [0, 0.1) is 0 Å². The Morgan fingerprint density at radius 2 is 2.07 bits per heavy atom. The molecule has 0 amide bonds. The second kappa shape index (κ2) is 4.16. The molecular weight excluding hydrogens is 276 g/mol. The van der Waals surface area contributed by atoms with Gasteiger partial charge in [-0.1, -0.05) is 34.1 Å². The van der Waals surface area contributed by atoms with Crippen LogP contribution in [0.5, 0.6) is 0 Å². The summed E-state index contributed by atoms with van der Waals surface area (Å²) < 4.78 is 0.976. The van der Waals surface area contributed by atoms with Crippen LogP contribution in [0.1, 0.15) is 10.4 Å². The van der Waals surface area contributed by atoms with Crippen LogP contribution in [0.25, 0.3) is 10.4 Å². The highest BCUT2D eigenvalue weighted by Gasteiger charge is 2.09. The Labute approximate surface area is 99.3 Å². The summed E-state index contributed by atoms with van der Waals surface area (Å²) in [4.78, 5) is 11.7. The van der Waals surface area contributed by atoms with Crippen LogP contribution in [0.15, 0.2) is 40.2 Å². The molecule has 4 heteroatoms. The number of hydrogen-bond acceptors (Lipinski definition) is 2. The van der Waals surface area contributed by atoms with Crippen molar-refractivity contribution in [2.24, 2.45) is 0 Å². The van der Waals surface area contributed by atoms with Crippen LogP contribution < -0.4 is 0 Å². The third-order valence-corrected chi connectivity index (χ3v) is 3.64. The Morgan fingerprint density at radius 1 is 1.33 bits per heavy atom. The van der Waals surface area contributed by atoms with Crippen molar-refractivity contribution in [2.75, 3.05) is 0 Å². The molecule has 0 aliphatic carbocycles. The van der Waals surface area contributed by atoms with Crippen molar-refractivity contribution in [2.45, 2.75) is 0 Å². The number of carbonyl (C=O) groups is 1. The summed E-state index contributed by atoms with van der Waals surface area (Å²) in [7, 11) is 0. The van der Waals surface area contributed by atoms with Crippen molar-refractivity contribution in [3.63, 3.8) is 0 Å². The maximum absolute atomic E-state index is 10.7. The zero-order chi connectivity index (χ0) is 10.8. The maximum atomic E-state index is 10.7. The van der Waals surface area contributed by atoms with E-state index in [0.717, 1.165) is 14.9 Å². The van der Waals surface area contributed by atoms with Crippen molar-refractivity contribution < 1.29 is 9.90 Å². The first-order chi connectivity index (χ1) is 7.18. The topological polar surface area (TPSA) is 37.3 Å². The standard InChI is InChI=1S/C11H7BrO2S/c12-9-4-2-1-3-8(9)10-5-7(6-15-10)11(13)14/h1-6H,(H,13,14). The first kappa shape index (κ1) is 10.4. The van der Waals surface area contributed by atoms with Crippen molar-refractivity contribution in [1.29, 1.82) is 0 Å². The van der Waals surface area contributed by atoms with E-state index in [9.17, 15) is 4.79 Å². The molecule has 1 aromatic carbocycles. The first-order valence-corrected chi connectivity index (χ1v) is 5.92. The molecule has 0 spiro atoms. The van der Waals surface area contributed by atoms with E-state index in [1.54, 1.807) is 11.4 Å². The average Bonchev–Trinajstić information content (AvgIpc) is 2.67. The van der Waals surface area contributed by atoms with Gasteiger partial charge in [0.1, 0.15) is 0 Å². The Kier molecular flexibility index (Phi) is 2.88. The molecule has 0 atom stereocenters. The summed E-state index contributed by atoms with van der Waals surface area (Å²) in [5, 5.41) is 10.5. The molecule has 0 bridgehead atoms. The van der Waals surface area contributed by atoms with Gasteiger partial charge in [-0.3, -0.25) is 0 Å². The Balaban J connectivity index is 2.46. The maximum Gasteiger partial charge on any atom is 0.336 e. The monoisotopic (exact) mass is 282 g/mol. The second-order valence-electron chi connectivity index (χ2n) is 2.98. The highest BCUT2D eigenvalue weighted by atomic mass is 79.9. The second-order valence-corrected chi connectivity index (χ2v) is 4.75. The van der Waals surface area contributed by atoms with Gasteiger partial charge >= 0.3 is 5.97 Å². The van der Waals surface area contributed by atoms with Gasteiger partial charge in [0.15, 0.2) is 0 Å². The Bertz CT molecular complexity index is 505. The lowest BCUT2D eigenvalue weighted by Crippen LogP contribution is -1.91. The summed E-state index contributed by atoms with van der Waals surface area (Å²) in [6, 6.07) is 9.45. The molecule has 0 fully saturated rings. The van der Waals surface area contributed by atoms with Gasteiger partial charge < -0.3 is 5.11 Å². The van der Waals surface area contributed by atoms with Crippen molar-refractivity contribution >= 4 is 33.2 Å². The van der Waals surface area contributed by atoms with Gasteiger partial charge in [-0.15, -0.1) is 11.3 Å². The number of thiophene rings is 1. The number of hydrogen-bond donors (Lipinski definition) is 1. The smallest absolute Gasteiger partial charge is 0.336 e. The van der Waals surface area contributed by atoms with E-state index in [1.165, 1.54) is 11.3 Å². The van der Waals surface area contributed by atoms with Crippen LogP contribution in [0.3, 0.4) is 0 Å². The van der Waals surface area contributed by atoms with Crippen LogP contribution in [0.4, 0.5) is 0 Å². The van der Waals surface area contributed by atoms with Crippen LogP contribution >= 0.6 is 27.3 Å². The molecule has 2 aromatic rings. The Morgan fingerprint density at radius 3 is 2.67 bits per heavy atom. The molecule has 1 heterocycles. The zero-order valence-corrected chi connectivity index (χ0v) is 10.0. The number of carboxylic acids is 1. The van der Waals surface area contributed by atoms with Gasteiger partial charge in [-0.05, 0) is 12.1 Å². The minimum Gasteiger partial charge on any atom is -0.478 e. The number of halogens is 1. The number of aromatic carboxylic acids is 1. The molecule has 0 radical (unpaired) electrons. The molecule has 15 heavy (non-hydrogen) atoms. The van der Waals surface area contributed by atoms with E-state index in [1.807, 2.05) is 24.3 Å². The quantitative estimate of drug-likeness (QED) is 0.908. The molecule has 76 valence electrons. The minimum absolute atomic E-state index is 0.339. The minimum atomic E-state index is -0.885. The fraction of sp³-hybridized carbons (Fsp3) is 0. The van der Waals surface area contributed by atoms with Crippen LogP contribution in [0.2, 0.25) is 0 Å². The van der Waals surface area contributed by atoms with Crippen molar-refractivity contribution in [3.05, 3.63) is 45.7 Å². The normalized spacial score (nSPS) is 10.2. The summed E-state index contributed by atoms with van der Waals surface area (Å²) in [5.74, 6) is -0.885. The average molecular weight is 283 g/mol. The van der Waals surface area contributed by atoms with Crippen molar-refractivity contribution in [3.8, 4) is 10.4 Å². The highest BCUT2D eigenvalue weighted by molar-refractivity contribution is 9.10. The SMILES string of the molecule is O=C(O)c1csc(-c2ccccc2Br)c1. The fourth-order valence-corrected chi connectivity index (χ4v) is 2.80. The first-order valence-electron chi connectivity index (χ1n) is 4.25. The molecule has 0 aliphatic heterocycles. The predicted molar refractivity (Wildman–Crippen MR) is 64.4 cm³/mol. The van der Waals surface area contributed by atoms with E-state index < -0.39 is 5.97 Å². The van der Waals surface area contributed by atoms with Gasteiger partial charge in [0.25, 0.3) is 0 Å². The largest absolute Gasteiger partial charge is 0.478 e. The summed E-state index contributed by atoms with van der Waals surface area (Å²) in [5.41, 5.74) is 1.36. The molecule has 1 aromatic heterocycles. The molecule has 0 unspecified atom stereocenters. The molecule has 0 aliphatic rings. The lowest BCUT2D eigenvalue weighted by Gasteiger charge is -1.99. The summed E-state index contributed by atoms with van der Waals surface area (Å²) >= 11 is 4.87. The fourth-order valence-electron chi connectivity index (χ4n) is 1.25. The molecule has 2 nitrogen and oxygen atoms in total. The van der Waals surface area contributed by atoms with Crippen molar-refractivity contribution in [1.82, 2.24) is 0 Å². The van der Waals surface area contributed by atoms with E-state index in [2.05, 4.69) is 15.9 Å². The van der Waals surface area contributed by atoms with E-state index >= 15 is 0 Å². The molecule has 0 saturated carbocycles. The Hall–Kier alpha value is -1.13. The molecule has 0 saturated heterocycles. The molecular formula is C11H7BrO2S. The van der Waals surface area contributed by atoms with E-state index in [-0.39, 0.29) is 0 Å². The van der Waals surface area contributed by atoms with Gasteiger partial charge in [0, 0.05) is 20.3 Å². The van der Waals surface area contributed by atoms with Gasteiger partial charge in [0.05, 0.1) is 5.56 Å². The molecule has 1 N–H and O–H groups in total. The summed E-state index contributed by atoms with van der Waals surface area (Å²) in [6.07, 6.45) is 0. The molecule has 2 rings (SSSR count). The van der Waals surface area contributed by atoms with E-state index in [4.69, 9.17) is 5.11 Å². The summed E-state index contributed by atoms with van der Waals surface area (Å²) in [6.45, 7) is 0. The zero-order valence-electron chi connectivity index (χ0n) is 7.61. The van der Waals surface area contributed by atoms with Crippen LogP contribution in [-0.4, -0.2) is 11.1 Å².